The second-order valence-corrected chi connectivity index (χ2v) is 5.96. The fourth-order valence-corrected chi connectivity index (χ4v) is 3.31. The molecule has 0 radical (unpaired) electrons. The molecule has 0 bridgehead atoms. The van der Waals surface area contributed by atoms with Crippen LogP contribution in [-0.2, 0) is 4.79 Å². The van der Waals surface area contributed by atoms with Crippen LogP contribution in [0.25, 0.3) is 0 Å². The molecule has 8 nitrogen and oxygen atoms in total. The number of carbonyl (C=O) groups is 1. The lowest BCUT2D eigenvalue weighted by Gasteiger charge is -2.16. The molecule has 1 unspecified atom stereocenters. The van der Waals surface area contributed by atoms with E-state index in [1.165, 1.54) is 6.20 Å². The zero-order valence-electron chi connectivity index (χ0n) is 12.7. The van der Waals surface area contributed by atoms with Gasteiger partial charge < -0.3 is 14.8 Å². The van der Waals surface area contributed by atoms with E-state index in [-0.39, 0.29) is 17.5 Å². The third-order valence-corrected chi connectivity index (χ3v) is 4.50. The molecule has 120 valence electrons. The third kappa shape index (κ3) is 2.49. The lowest BCUT2D eigenvalue weighted by molar-refractivity contribution is -0.117. The summed E-state index contributed by atoms with van der Waals surface area (Å²) < 4.78 is 1.90. The summed E-state index contributed by atoms with van der Waals surface area (Å²) in [6.07, 6.45) is 9.22. The number of carbonyl (C=O) groups excluding carboxylic acids is 1. The molecule has 0 saturated carbocycles. The molecule has 2 fully saturated rings. The van der Waals surface area contributed by atoms with E-state index in [0.29, 0.717) is 18.8 Å². The van der Waals surface area contributed by atoms with Crippen molar-refractivity contribution in [3.05, 3.63) is 35.1 Å². The second-order valence-electron chi connectivity index (χ2n) is 5.96. The summed E-state index contributed by atoms with van der Waals surface area (Å²) in [5.74, 6) is 0.620. The van der Waals surface area contributed by atoms with Crippen LogP contribution in [0.4, 0.5) is 11.5 Å². The summed E-state index contributed by atoms with van der Waals surface area (Å²) in [4.78, 5) is 34.2. The highest BCUT2D eigenvalue weighted by molar-refractivity contribution is 5.95. The van der Waals surface area contributed by atoms with Gasteiger partial charge in [0.15, 0.2) is 5.82 Å². The van der Waals surface area contributed by atoms with Crippen LogP contribution < -0.4 is 15.4 Å². The van der Waals surface area contributed by atoms with E-state index >= 15 is 0 Å². The third-order valence-electron chi connectivity index (χ3n) is 4.50. The van der Waals surface area contributed by atoms with E-state index in [0.717, 1.165) is 31.6 Å². The molecular formula is C15H18N6O2. The van der Waals surface area contributed by atoms with E-state index in [1.54, 1.807) is 17.3 Å². The Morgan fingerprint density at radius 2 is 2.17 bits per heavy atom. The molecule has 0 aromatic carbocycles. The number of anilines is 2. The Kier molecular flexibility index (Phi) is 3.36. The number of rotatable bonds is 3. The maximum Gasteiger partial charge on any atom is 0.290 e. The number of aromatic nitrogens is 4. The molecule has 2 aromatic heterocycles. The van der Waals surface area contributed by atoms with Gasteiger partial charge in [-0.2, -0.15) is 5.10 Å². The Morgan fingerprint density at radius 1 is 1.26 bits per heavy atom. The molecule has 1 atom stereocenters. The van der Waals surface area contributed by atoms with Gasteiger partial charge in [0.25, 0.3) is 5.56 Å². The number of amides is 1. The van der Waals surface area contributed by atoms with Crippen LogP contribution in [0.1, 0.15) is 25.3 Å². The standard InChI is InChI=1S/C15H18N6O2/c22-13-2-1-6-20(13)12-8-18-21(10-12)11-3-7-19(9-11)14-15(23)17-5-4-16-14/h4-5,8,10-11H,1-3,6-7,9H2,(H,17,23). The largest absolute Gasteiger partial charge is 0.350 e. The Balaban J connectivity index is 1.50. The molecular weight excluding hydrogens is 296 g/mol. The predicted octanol–water partition coefficient (Wildman–Crippen LogP) is 0.545. The van der Waals surface area contributed by atoms with Gasteiger partial charge in [-0.25, -0.2) is 4.98 Å². The van der Waals surface area contributed by atoms with Crippen molar-refractivity contribution in [1.29, 1.82) is 0 Å². The van der Waals surface area contributed by atoms with Crippen molar-refractivity contribution in [1.82, 2.24) is 19.7 Å². The number of hydrogen-bond acceptors (Lipinski definition) is 5. The number of aromatic amines is 1. The summed E-state index contributed by atoms with van der Waals surface area (Å²) in [6.45, 7) is 2.22. The monoisotopic (exact) mass is 314 g/mol. The van der Waals surface area contributed by atoms with E-state index in [4.69, 9.17) is 0 Å². The minimum atomic E-state index is -0.169. The quantitative estimate of drug-likeness (QED) is 0.894. The van der Waals surface area contributed by atoms with Gasteiger partial charge in [-0.3, -0.25) is 14.3 Å². The van der Waals surface area contributed by atoms with Gasteiger partial charge in [-0.05, 0) is 12.8 Å². The maximum absolute atomic E-state index is 11.8. The molecule has 2 aliphatic heterocycles. The average Bonchev–Trinajstić information content (AvgIpc) is 3.26. The van der Waals surface area contributed by atoms with Crippen LogP contribution >= 0.6 is 0 Å². The van der Waals surface area contributed by atoms with Gasteiger partial charge in [0.05, 0.1) is 17.9 Å². The van der Waals surface area contributed by atoms with Gasteiger partial charge in [0, 0.05) is 44.6 Å². The predicted molar refractivity (Wildman–Crippen MR) is 84.5 cm³/mol. The first-order valence-corrected chi connectivity index (χ1v) is 7.85. The molecule has 1 amide bonds. The average molecular weight is 314 g/mol. The van der Waals surface area contributed by atoms with Crippen LogP contribution in [0.15, 0.2) is 29.6 Å². The van der Waals surface area contributed by atoms with Crippen LogP contribution in [-0.4, -0.2) is 45.3 Å². The molecule has 8 heteroatoms. The summed E-state index contributed by atoms with van der Waals surface area (Å²) in [7, 11) is 0. The maximum atomic E-state index is 11.8. The second kappa shape index (κ2) is 5.53. The molecule has 2 saturated heterocycles. The Labute approximate surface area is 132 Å². The van der Waals surface area contributed by atoms with Gasteiger partial charge in [-0.1, -0.05) is 0 Å². The summed E-state index contributed by atoms with van der Waals surface area (Å²) in [5, 5.41) is 4.42. The first-order valence-electron chi connectivity index (χ1n) is 7.85. The van der Waals surface area contributed by atoms with Crippen molar-refractivity contribution < 1.29 is 4.79 Å². The Hall–Kier alpha value is -2.64. The topological polar surface area (TPSA) is 87.1 Å². The fourth-order valence-electron chi connectivity index (χ4n) is 3.31. The molecule has 2 aliphatic rings. The Morgan fingerprint density at radius 3 is 2.96 bits per heavy atom. The first kappa shape index (κ1) is 14.0. The highest BCUT2D eigenvalue weighted by Crippen LogP contribution is 2.26. The molecule has 0 aliphatic carbocycles. The highest BCUT2D eigenvalue weighted by Gasteiger charge is 2.28. The zero-order valence-corrected chi connectivity index (χ0v) is 12.7. The van der Waals surface area contributed by atoms with E-state index in [1.807, 2.05) is 15.8 Å². The van der Waals surface area contributed by atoms with Crippen molar-refractivity contribution in [2.24, 2.45) is 0 Å². The first-order chi connectivity index (χ1) is 11.2. The molecule has 4 heterocycles. The Bertz CT molecular complexity index is 782. The van der Waals surface area contributed by atoms with Gasteiger partial charge in [-0.15, -0.1) is 0 Å². The molecule has 4 rings (SSSR count). The van der Waals surface area contributed by atoms with Crippen molar-refractivity contribution >= 4 is 17.4 Å². The number of nitrogens with one attached hydrogen (secondary N) is 1. The minimum absolute atomic E-state index is 0.164. The molecule has 23 heavy (non-hydrogen) atoms. The highest BCUT2D eigenvalue weighted by atomic mass is 16.2. The SMILES string of the molecule is O=C1CCCN1c1cnn(C2CCN(c3ncc[nH]c3=O)C2)c1. The van der Waals surface area contributed by atoms with Crippen molar-refractivity contribution in [2.75, 3.05) is 29.4 Å². The molecule has 1 N–H and O–H groups in total. The smallest absolute Gasteiger partial charge is 0.290 e. The number of nitrogens with zero attached hydrogens (tertiary/aromatic N) is 5. The summed E-state index contributed by atoms with van der Waals surface area (Å²) in [6, 6.07) is 0.183. The molecule has 0 spiro atoms. The van der Waals surface area contributed by atoms with Crippen molar-refractivity contribution in [3.63, 3.8) is 0 Å². The van der Waals surface area contributed by atoms with Crippen LogP contribution in [0.5, 0.6) is 0 Å². The lowest BCUT2D eigenvalue weighted by Crippen LogP contribution is -2.28. The summed E-state index contributed by atoms with van der Waals surface area (Å²) >= 11 is 0. The van der Waals surface area contributed by atoms with Crippen molar-refractivity contribution in [2.45, 2.75) is 25.3 Å². The van der Waals surface area contributed by atoms with Crippen LogP contribution in [0, 0.1) is 0 Å². The lowest BCUT2D eigenvalue weighted by atomic mass is 10.3. The van der Waals surface area contributed by atoms with Gasteiger partial charge in [0.1, 0.15) is 0 Å². The number of H-pyrrole nitrogens is 1. The molecule has 2 aromatic rings. The van der Waals surface area contributed by atoms with E-state index < -0.39 is 0 Å². The summed E-state index contributed by atoms with van der Waals surface area (Å²) in [5.41, 5.74) is 0.693. The van der Waals surface area contributed by atoms with Crippen LogP contribution in [0.2, 0.25) is 0 Å². The fraction of sp³-hybridized carbons (Fsp3) is 0.467. The minimum Gasteiger partial charge on any atom is -0.350 e. The van der Waals surface area contributed by atoms with E-state index in [9.17, 15) is 9.59 Å². The van der Waals surface area contributed by atoms with Crippen molar-refractivity contribution in [3.8, 4) is 0 Å². The van der Waals surface area contributed by atoms with E-state index in [2.05, 4.69) is 15.1 Å². The number of hydrogen-bond donors (Lipinski definition) is 1. The van der Waals surface area contributed by atoms with Gasteiger partial charge in [0.2, 0.25) is 5.91 Å². The van der Waals surface area contributed by atoms with Crippen LogP contribution in [0.3, 0.4) is 0 Å². The van der Waals surface area contributed by atoms with Gasteiger partial charge >= 0.3 is 0 Å². The zero-order chi connectivity index (χ0) is 15.8. The normalized spacial score (nSPS) is 21.4.